The molecular formula is C47H60Cl2HfSi. The molecule has 0 fully saturated rings. The smallest absolute Gasteiger partial charge is 0.0132 e. The quantitative estimate of drug-likeness (QED) is 0.120. The fraction of sp³-hybridized carbons (Fsp3) is 0.362. The summed E-state index contributed by atoms with van der Waals surface area (Å²) in [6.45, 7) is 31.8. The Kier molecular flexibility index (Phi) is 15.6. The zero-order valence-electron chi connectivity index (χ0n) is 33.6. The second kappa shape index (κ2) is 17.7. The van der Waals surface area contributed by atoms with Gasteiger partial charge in [-0.05, 0) is 44.1 Å². The zero-order valence-corrected chi connectivity index (χ0v) is 39.8. The molecular weight excluding hydrogens is 842 g/mol. The Balaban J connectivity index is 0.000000314. The van der Waals surface area contributed by atoms with E-state index in [0.717, 1.165) is 0 Å². The van der Waals surface area contributed by atoms with Gasteiger partial charge in [0.2, 0.25) is 0 Å². The second-order valence-electron chi connectivity index (χ2n) is 17.3. The Labute approximate surface area is 337 Å². The Hall–Kier alpha value is -2.23. The van der Waals surface area contributed by atoms with Gasteiger partial charge in [0, 0.05) is 0 Å². The number of benzene rings is 4. The van der Waals surface area contributed by atoms with Crippen molar-refractivity contribution < 1.29 is 23.0 Å². The van der Waals surface area contributed by atoms with Crippen molar-refractivity contribution in [1.82, 2.24) is 0 Å². The molecule has 51 heavy (non-hydrogen) atoms. The van der Waals surface area contributed by atoms with Gasteiger partial charge >= 0.3 is 41.6 Å². The SMILES string of the molecule is C[Si](C)=[Hf+2].Cc1cc2c(-c3cc(C(C)(C)C)cc(C(C)(C)C)c3)ccc(C)c2[cH-]1.Cc1cc2c(-c3ccc(C(C)(C)C)cc3)cccc2[cH-]1.Cl.Cl. The van der Waals surface area contributed by atoms with E-state index in [1.165, 1.54) is 100 Å². The van der Waals surface area contributed by atoms with Crippen LogP contribution in [0.25, 0.3) is 43.8 Å². The maximum Gasteiger partial charge on any atom is -0.0132 e. The molecule has 0 heterocycles. The molecule has 6 aromatic rings. The molecule has 6 aromatic carbocycles. The monoisotopic (exact) mass is 902 g/mol. The van der Waals surface area contributed by atoms with Gasteiger partial charge in [-0.3, -0.25) is 0 Å². The van der Waals surface area contributed by atoms with Gasteiger partial charge in [-0.15, -0.1) is 93.4 Å². The first kappa shape index (κ1) is 44.9. The molecule has 6 rings (SSSR count). The second-order valence-corrected chi connectivity index (χ2v) is 30.0. The molecule has 0 N–H and O–H groups in total. The van der Waals surface area contributed by atoms with Crippen LogP contribution in [0.2, 0.25) is 13.1 Å². The van der Waals surface area contributed by atoms with Crippen molar-refractivity contribution in [2.24, 2.45) is 0 Å². The fourth-order valence-corrected chi connectivity index (χ4v) is 6.28. The van der Waals surface area contributed by atoms with Crippen molar-refractivity contribution in [3.05, 3.63) is 130 Å². The van der Waals surface area contributed by atoms with Crippen LogP contribution in [0.1, 0.15) is 95.7 Å². The van der Waals surface area contributed by atoms with Gasteiger partial charge in [-0.25, -0.2) is 0 Å². The van der Waals surface area contributed by atoms with E-state index in [-0.39, 0.29) is 46.6 Å². The van der Waals surface area contributed by atoms with E-state index in [2.05, 4.69) is 193 Å². The van der Waals surface area contributed by atoms with Gasteiger partial charge in [0.15, 0.2) is 0 Å². The number of rotatable bonds is 2. The average Bonchev–Trinajstić information content (AvgIpc) is 3.58. The minimum Gasteiger partial charge on any atom is -0.165 e. The third kappa shape index (κ3) is 11.6. The van der Waals surface area contributed by atoms with Crippen molar-refractivity contribution in [2.75, 3.05) is 0 Å². The molecule has 4 heteroatoms. The summed E-state index contributed by atoms with van der Waals surface area (Å²) < 4.78 is 0. The van der Waals surface area contributed by atoms with Crippen LogP contribution in [0.15, 0.2) is 97.1 Å². The predicted molar refractivity (Wildman–Crippen MR) is 232 cm³/mol. The first-order valence-corrected chi connectivity index (χ1v) is 25.7. The molecule has 0 bridgehead atoms. The minimum absolute atomic E-state index is 0. The van der Waals surface area contributed by atoms with Crippen LogP contribution in [0.5, 0.6) is 0 Å². The fourth-order valence-electron chi connectivity index (χ4n) is 6.28. The molecule has 0 aliphatic heterocycles. The topological polar surface area (TPSA) is 0 Å². The van der Waals surface area contributed by atoms with Crippen LogP contribution in [0.3, 0.4) is 0 Å². The van der Waals surface area contributed by atoms with Gasteiger partial charge in [-0.1, -0.05) is 149 Å². The average molecular weight is 902 g/mol. The number of hydrogen-bond donors (Lipinski definition) is 0. The van der Waals surface area contributed by atoms with Crippen molar-refractivity contribution in [3.63, 3.8) is 0 Å². The minimum atomic E-state index is 0. The Morgan fingerprint density at radius 2 is 0.980 bits per heavy atom. The molecule has 0 unspecified atom stereocenters. The molecule has 0 aliphatic carbocycles. The summed E-state index contributed by atoms with van der Waals surface area (Å²) in [4.78, 5) is 0. The maximum absolute atomic E-state index is 2.39. The van der Waals surface area contributed by atoms with Gasteiger partial charge in [0.05, 0.1) is 0 Å². The number of fused-ring (bicyclic) bond motifs is 2. The van der Waals surface area contributed by atoms with Crippen LogP contribution in [-0.2, 0) is 39.2 Å². The van der Waals surface area contributed by atoms with Gasteiger partial charge < -0.3 is 0 Å². The molecule has 0 saturated carbocycles. The molecule has 0 saturated heterocycles. The number of aryl methyl sites for hydroxylation is 3. The Bertz CT molecular complexity index is 2030. The van der Waals surface area contributed by atoms with Crippen LogP contribution in [0, 0.1) is 20.8 Å². The van der Waals surface area contributed by atoms with E-state index >= 15 is 0 Å². The molecule has 0 radical (unpaired) electrons. The molecule has 0 aromatic heterocycles. The van der Waals surface area contributed by atoms with E-state index in [4.69, 9.17) is 0 Å². The van der Waals surface area contributed by atoms with Crippen LogP contribution >= 0.6 is 24.8 Å². The standard InChI is InChI=1S/C25H31.C20H21.C2H6Si.2ClH.Hf/c1-16-11-22-17(2)9-10-21(23(22)12-16)18-13-19(24(3,4)5)15-20(14-18)25(6,7)8;1-14-12-16-6-5-7-18(19(16)13-14)15-8-10-17(11-9-15)20(2,3)4;1-3-2;;;/h9-15H,1-8H3;5-13H,1-4H3;1-2H3;2*1H;/q2*-1;;;;+2. The number of halogens is 2. The molecule has 0 spiro atoms. The van der Waals surface area contributed by atoms with E-state index in [9.17, 15) is 0 Å². The van der Waals surface area contributed by atoms with Crippen molar-refractivity contribution in [2.45, 2.75) is 112 Å². The molecule has 0 atom stereocenters. The van der Waals surface area contributed by atoms with E-state index in [0.29, 0.717) is 0 Å². The van der Waals surface area contributed by atoms with Gasteiger partial charge in [0.25, 0.3) is 0 Å². The Morgan fingerprint density at radius 3 is 1.49 bits per heavy atom. The summed E-state index contributed by atoms with van der Waals surface area (Å²) >= 11 is 1.45. The Morgan fingerprint density at radius 1 is 0.510 bits per heavy atom. The number of hydrogen-bond acceptors (Lipinski definition) is 0. The van der Waals surface area contributed by atoms with Crippen molar-refractivity contribution in [1.29, 1.82) is 0 Å². The van der Waals surface area contributed by atoms with Crippen molar-refractivity contribution in [3.8, 4) is 22.3 Å². The van der Waals surface area contributed by atoms with Crippen LogP contribution in [-0.4, -0.2) is 5.49 Å². The van der Waals surface area contributed by atoms with E-state index in [1.807, 2.05) is 0 Å². The third-order valence-corrected chi connectivity index (χ3v) is 9.18. The van der Waals surface area contributed by atoms with Crippen molar-refractivity contribution >= 4 is 51.9 Å². The zero-order chi connectivity index (χ0) is 36.5. The molecule has 0 amide bonds. The first-order valence-electron chi connectivity index (χ1n) is 17.8. The van der Waals surface area contributed by atoms with Crippen LogP contribution in [0.4, 0.5) is 0 Å². The molecule has 270 valence electrons. The summed E-state index contributed by atoms with van der Waals surface area (Å²) in [5, 5.41) is 5.45. The summed E-state index contributed by atoms with van der Waals surface area (Å²) in [7, 11) is 0. The molecule has 0 aliphatic rings. The van der Waals surface area contributed by atoms with Gasteiger partial charge in [0.1, 0.15) is 0 Å². The summed E-state index contributed by atoms with van der Waals surface area (Å²) in [6.07, 6.45) is 0. The largest absolute Gasteiger partial charge is 0.165 e. The predicted octanol–water partition coefficient (Wildman–Crippen LogP) is 14.9. The first-order chi connectivity index (χ1) is 22.6. The van der Waals surface area contributed by atoms with Crippen LogP contribution < -0.4 is 0 Å². The van der Waals surface area contributed by atoms with E-state index < -0.39 is 0 Å². The van der Waals surface area contributed by atoms with Gasteiger partial charge in [-0.2, -0.15) is 12.1 Å². The normalized spacial score (nSPS) is 11.5. The summed E-state index contributed by atoms with van der Waals surface area (Å²) in [5.74, 6) is 0. The van der Waals surface area contributed by atoms with E-state index in [1.54, 1.807) is 0 Å². The maximum atomic E-state index is 2.39. The molecule has 0 nitrogen and oxygen atoms in total. The summed E-state index contributed by atoms with van der Waals surface area (Å²) in [6, 6.07) is 36.5. The third-order valence-electron chi connectivity index (χ3n) is 9.18. The summed E-state index contributed by atoms with van der Waals surface area (Å²) in [5.41, 5.74) is 14.3.